The fourth-order valence-electron chi connectivity index (χ4n) is 2.91. The molecule has 2 aromatic carbocycles. The van der Waals surface area contributed by atoms with E-state index in [0.717, 1.165) is 5.56 Å². The summed E-state index contributed by atoms with van der Waals surface area (Å²) in [6.07, 6.45) is 0.572. The quantitative estimate of drug-likeness (QED) is 0.641. The second-order valence-corrected chi connectivity index (χ2v) is 6.14. The molecule has 1 aliphatic heterocycles. The third kappa shape index (κ3) is 3.36. The number of hydrogen-bond donors (Lipinski definition) is 1. The lowest BCUT2D eigenvalue weighted by Gasteiger charge is -2.12. The van der Waals surface area contributed by atoms with Gasteiger partial charge in [-0.05, 0) is 43.2 Å². The van der Waals surface area contributed by atoms with Gasteiger partial charge in [0.25, 0.3) is 17.7 Å². The molecule has 1 aliphatic rings. The Balaban J connectivity index is 1.80. The Morgan fingerprint density at radius 2 is 1.81 bits per heavy atom. The van der Waals surface area contributed by atoms with E-state index in [4.69, 9.17) is 4.74 Å². The Morgan fingerprint density at radius 1 is 1.08 bits per heavy atom. The molecule has 0 unspecified atom stereocenters. The van der Waals surface area contributed by atoms with Crippen molar-refractivity contribution in [2.75, 3.05) is 25.6 Å². The first-order valence-corrected chi connectivity index (χ1v) is 8.39. The highest BCUT2D eigenvalue weighted by atomic mass is 16.5. The summed E-state index contributed by atoms with van der Waals surface area (Å²) in [5.41, 5.74) is 2.59. The molecule has 0 bridgehead atoms. The van der Waals surface area contributed by atoms with Crippen LogP contribution in [-0.4, -0.2) is 42.9 Å². The molecule has 2 aromatic rings. The first kappa shape index (κ1) is 17.8. The molecular weight excluding hydrogens is 332 g/mol. The van der Waals surface area contributed by atoms with Crippen molar-refractivity contribution in [2.45, 2.75) is 13.3 Å². The summed E-state index contributed by atoms with van der Waals surface area (Å²) in [7, 11) is 1.57. The normalized spacial score (nSPS) is 13.1. The summed E-state index contributed by atoms with van der Waals surface area (Å²) < 4.78 is 4.96. The van der Waals surface area contributed by atoms with Crippen molar-refractivity contribution < 1.29 is 19.1 Å². The van der Waals surface area contributed by atoms with E-state index in [1.807, 2.05) is 31.2 Å². The summed E-state index contributed by atoms with van der Waals surface area (Å²) in [5, 5.41) is 2.83. The molecule has 3 rings (SSSR count). The maximum atomic E-state index is 12.5. The zero-order valence-corrected chi connectivity index (χ0v) is 14.7. The smallest absolute Gasteiger partial charge is 0.261 e. The zero-order valence-electron chi connectivity index (χ0n) is 14.7. The van der Waals surface area contributed by atoms with Crippen LogP contribution in [0.25, 0.3) is 0 Å². The number of ether oxygens (including phenoxy) is 1. The number of fused-ring (bicyclic) bond motifs is 1. The predicted octanol–water partition coefficient (Wildman–Crippen LogP) is 2.88. The van der Waals surface area contributed by atoms with Gasteiger partial charge in [-0.3, -0.25) is 19.3 Å². The SMILES string of the molecule is COCCCN1C(=O)c2ccc(C(=O)Nc3ccccc3C)cc2C1=O. The number of methoxy groups -OCH3 is 1. The topological polar surface area (TPSA) is 75.7 Å². The Bertz CT molecular complexity index is 876. The monoisotopic (exact) mass is 352 g/mol. The Labute approximate surface area is 151 Å². The van der Waals surface area contributed by atoms with Gasteiger partial charge in [0.15, 0.2) is 0 Å². The highest BCUT2D eigenvalue weighted by Crippen LogP contribution is 2.25. The number of nitrogens with zero attached hydrogens (tertiary/aromatic N) is 1. The Morgan fingerprint density at radius 3 is 2.54 bits per heavy atom. The minimum atomic E-state index is -0.369. The largest absolute Gasteiger partial charge is 0.385 e. The van der Waals surface area contributed by atoms with E-state index in [2.05, 4.69) is 5.32 Å². The molecule has 0 spiro atoms. The van der Waals surface area contributed by atoms with Gasteiger partial charge in [0.2, 0.25) is 0 Å². The van der Waals surface area contributed by atoms with Crippen LogP contribution >= 0.6 is 0 Å². The van der Waals surface area contributed by atoms with Crippen molar-refractivity contribution in [1.82, 2.24) is 4.90 Å². The summed E-state index contributed by atoms with van der Waals surface area (Å²) in [6, 6.07) is 12.0. The van der Waals surface area contributed by atoms with E-state index in [1.54, 1.807) is 19.2 Å². The predicted molar refractivity (Wildman–Crippen MR) is 97.4 cm³/mol. The van der Waals surface area contributed by atoms with Gasteiger partial charge in [-0.15, -0.1) is 0 Å². The number of amides is 3. The molecule has 0 saturated carbocycles. The van der Waals surface area contributed by atoms with Crippen LogP contribution in [0.5, 0.6) is 0 Å². The van der Waals surface area contributed by atoms with Gasteiger partial charge in [-0.2, -0.15) is 0 Å². The maximum Gasteiger partial charge on any atom is 0.261 e. The van der Waals surface area contributed by atoms with Crippen molar-refractivity contribution in [1.29, 1.82) is 0 Å². The lowest BCUT2D eigenvalue weighted by molar-refractivity contribution is 0.0638. The molecule has 6 nitrogen and oxygen atoms in total. The molecule has 1 heterocycles. The summed E-state index contributed by atoms with van der Waals surface area (Å²) in [5.74, 6) is -1.02. The molecular formula is C20H20N2O4. The number of imide groups is 1. The van der Waals surface area contributed by atoms with E-state index in [9.17, 15) is 14.4 Å². The van der Waals surface area contributed by atoms with Crippen molar-refractivity contribution in [3.05, 3.63) is 64.7 Å². The molecule has 0 atom stereocenters. The standard InChI is InChI=1S/C20H20N2O4/c1-13-6-3-4-7-17(13)21-18(23)14-8-9-15-16(12-14)20(25)22(19(15)24)10-5-11-26-2/h3-4,6-9,12H,5,10-11H2,1-2H3,(H,21,23). The van der Waals surface area contributed by atoms with E-state index in [-0.39, 0.29) is 23.3 Å². The fourth-order valence-corrected chi connectivity index (χ4v) is 2.91. The highest BCUT2D eigenvalue weighted by Gasteiger charge is 2.35. The molecule has 0 aliphatic carbocycles. The van der Waals surface area contributed by atoms with Gasteiger partial charge in [-0.25, -0.2) is 0 Å². The number of rotatable bonds is 6. The van der Waals surface area contributed by atoms with E-state index >= 15 is 0 Å². The molecule has 134 valence electrons. The molecule has 0 aromatic heterocycles. The minimum Gasteiger partial charge on any atom is -0.385 e. The van der Waals surface area contributed by atoms with Gasteiger partial charge in [0, 0.05) is 31.5 Å². The van der Waals surface area contributed by atoms with Crippen LogP contribution in [0.3, 0.4) is 0 Å². The average Bonchev–Trinajstić information content (AvgIpc) is 2.88. The summed E-state index contributed by atoms with van der Waals surface area (Å²) >= 11 is 0. The summed E-state index contributed by atoms with van der Waals surface area (Å²) in [6.45, 7) is 2.67. The maximum absolute atomic E-state index is 12.5. The van der Waals surface area contributed by atoms with Gasteiger partial charge in [-0.1, -0.05) is 18.2 Å². The van der Waals surface area contributed by atoms with Crippen molar-refractivity contribution >= 4 is 23.4 Å². The lowest BCUT2D eigenvalue weighted by atomic mass is 10.0. The van der Waals surface area contributed by atoms with Crippen LogP contribution in [0, 0.1) is 6.92 Å². The number of benzene rings is 2. The first-order chi connectivity index (χ1) is 12.5. The van der Waals surface area contributed by atoms with Gasteiger partial charge < -0.3 is 10.1 Å². The minimum absolute atomic E-state index is 0.268. The van der Waals surface area contributed by atoms with Crippen LogP contribution in [0.2, 0.25) is 0 Å². The van der Waals surface area contributed by atoms with Crippen LogP contribution in [0.15, 0.2) is 42.5 Å². The van der Waals surface area contributed by atoms with Crippen LogP contribution in [0.1, 0.15) is 43.1 Å². The molecule has 0 radical (unpaired) electrons. The number of nitrogens with one attached hydrogen (secondary N) is 1. The molecule has 6 heteroatoms. The third-order valence-electron chi connectivity index (χ3n) is 4.36. The number of carbonyl (C=O) groups is 3. The van der Waals surface area contributed by atoms with Gasteiger partial charge in [0.05, 0.1) is 11.1 Å². The van der Waals surface area contributed by atoms with E-state index in [0.29, 0.717) is 36.4 Å². The summed E-state index contributed by atoms with van der Waals surface area (Å²) in [4.78, 5) is 38.6. The van der Waals surface area contributed by atoms with E-state index in [1.165, 1.54) is 11.0 Å². The molecule has 26 heavy (non-hydrogen) atoms. The highest BCUT2D eigenvalue weighted by molar-refractivity contribution is 6.22. The van der Waals surface area contributed by atoms with Crippen LogP contribution in [-0.2, 0) is 4.74 Å². The first-order valence-electron chi connectivity index (χ1n) is 8.39. The van der Waals surface area contributed by atoms with Crippen LogP contribution < -0.4 is 5.32 Å². The van der Waals surface area contributed by atoms with Gasteiger partial charge >= 0.3 is 0 Å². The zero-order chi connectivity index (χ0) is 18.7. The number of hydrogen-bond acceptors (Lipinski definition) is 4. The Hall–Kier alpha value is -2.99. The third-order valence-corrected chi connectivity index (χ3v) is 4.36. The Kier molecular flexibility index (Phi) is 5.14. The lowest BCUT2D eigenvalue weighted by Crippen LogP contribution is -2.31. The van der Waals surface area contributed by atoms with E-state index < -0.39 is 0 Å². The average molecular weight is 352 g/mol. The second-order valence-electron chi connectivity index (χ2n) is 6.14. The van der Waals surface area contributed by atoms with Crippen LogP contribution in [0.4, 0.5) is 5.69 Å². The van der Waals surface area contributed by atoms with Gasteiger partial charge in [0.1, 0.15) is 0 Å². The molecule has 0 saturated heterocycles. The number of anilines is 1. The number of aryl methyl sites for hydroxylation is 1. The number of para-hydroxylation sites is 1. The van der Waals surface area contributed by atoms with Crippen molar-refractivity contribution in [3.63, 3.8) is 0 Å². The number of carbonyl (C=O) groups excluding carboxylic acids is 3. The van der Waals surface area contributed by atoms with Crippen molar-refractivity contribution in [3.8, 4) is 0 Å². The molecule has 0 fully saturated rings. The fraction of sp³-hybridized carbons (Fsp3) is 0.250. The molecule has 3 amide bonds. The molecule has 1 N–H and O–H groups in total. The van der Waals surface area contributed by atoms with Crippen molar-refractivity contribution in [2.24, 2.45) is 0 Å². The second kappa shape index (κ2) is 7.49.